The molecule has 0 aliphatic rings. The second kappa shape index (κ2) is 5.70. The van der Waals surface area contributed by atoms with Gasteiger partial charge in [0.05, 0.1) is 4.92 Å². The van der Waals surface area contributed by atoms with Gasteiger partial charge < -0.3 is 5.32 Å². The van der Waals surface area contributed by atoms with Gasteiger partial charge in [-0.15, -0.1) is 0 Å². The lowest BCUT2D eigenvalue weighted by Gasteiger charge is -2.06. The Morgan fingerprint density at radius 3 is 2.71 bits per heavy atom. The van der Waals surface area contributed by atoms with Crippen molar-refractivity contribution in [3.8, 4) is 0 Å². The molecule has 0 bridgehead atoms. The number of pyridine rings is 1. The fourth-order valence-corrected chi connectivity index (χ4v) is 2.07. The Kier molecular flexibility index (Phi) is 3.97. The zero-order valence-electron chi connectivity index (χ0n) is 12.0. The highest BCUT2D eigenvalue weighted by Gasteiger charge is 2.22. The molecular weight excluding hydrogens is 274 g/mol. The molecule has 8 nitrogen and oxygen atoms in total. The molecule has 0 unspecified atom stereocenters. The molecular formula is C13H15N5O3. The van der Waals surface area contributed by atoms with Crippen LogP contribution in [0.1, 0.15) is 17.1 Å². The van der Waals surface area contributed by atoms with Crippen LogP contribution in [0, 0.1) is 30.9 Å². The first kappa shape index (κ1) is 14.6. The van der Waals surface area contributed by atoms with Crippen molar-refractivity contribution in [2.45, 2.75) is 27.3 Å². The van der Waals surface area contributed by atoms with E-state index in [1.165, 1.54) is 4.68 Å². The maximum Gasteiger partial charge on any atom is 0.312 e. The summed E-state index contributed by atoms with van der Waals surface area (Å²) in [5.41, 5.74) is 2.02. The van der Waals surface area contributed by atoms with Crippen molar-refractivity contribution >= 4 is 17.3 Å². The van der Waals surface area contributed by atoms with E-state index in [1.54, 1.807) is 32.2 Å². The lowest BCUT2D eigenvalue weighted by atomic mass is 10.3. The molecule has 2 heterocycles. The lowest BCUT2D eigenvalue weighted by Crippen LogP contribution is -2.20. The number of nitrogens with one attached hydrogen (secondary N) is 1. The number of hydrogen-bond donors (Lipinski definition) is 1. The van der Waals surface area contributed by atoms with Gasteiger partial charge >= 0.3 is 5.69 Å². The summed E-state index contributed by atoms with van der Waals surface area (Å²) >= 11 is 0. The molecule has 0 aliphatic heterocycles. The van der Waals surface area contributed by atoms with Crippen LogP contribution in [0.15, 0.2) is 18.3 Å². The second-order valence-corrected chi connectivity index (χ2v) is 4.67. The first-order valence-electron chi connectivity index (χ1n) is 6.29. The molecule has 1 N–H and O–H groups in total. The number of amides is 1. The predicted octanol–water partition coefficient (Wildman–Crippen LogP) is 1.75. The first-order chi connectivity index (χ1) is 9.88. The third-order valence-electron chi connectivity index (χ3n) is 3.00. The second-order valence-electron chi connectivity index (χ2n) is 4.67. The molecule has 0 atom stereocenters. The van der Waals surface area contributed by atoms with Gasteiger partial charge in [0.1, 0.15) is 17.9 Å². The maximum absolute atomic E-state index is 12.0. The van der Waals surface area contributed by atoms with E-state index in [2.05, 4.69) is 15.4 Å². The number of nitrogens with zero attached hydrogens (tertiary/aromatic N) is 4. The fraction of sp³-hybridized carbons (Fsp3) is 0.308. The molecule has 0 radical (unpaired) electrons. The van der Waals surface area contributed by atoms with Crippen LogP contribution in [0.4, 0.5) is 11.4 Å². The molecule has 0 aliphatic carbocycles. The normalized spacial score (nSPS) is 10.4. The summed E-state index contributed by atoms with van der Waals surface area (Å²) in [5, 5.41) is 17.7. The summed E-state index contributed by atoms with van der Waals surface area (Å²) in [4.78, 5) is 26.4. The number of anilines is 1. The van der Waals surface area contributed by atoms with Crippen molar-refractivity contribution in [3.05, 3.63) is 45.5 Å². The summed E-state index contributed by atoms with van der Waals surface area (Å²) in [6.45, 7) is 4.86. The van der Waals surface area contributed by atoms with Crippen LogP contribution in [0.2, 0.25) is 0 Å². The monoisotopic (exact) mass is 289 g/mol. The molecule has 110 valence electrons. The van der Waals surface area contributed by atoms with E-state index in [0.29, 0.717) is 17.1 Å². The van der Waals surface area contributed by atoms with E-state index in [4.69, 9.17) is 0 Å². The first-order valence-corrected chi connectivity index (χ1v) is 6.29. The Morgan fingerprint density at radius 2 is 2.14 bits per heavy atom. The highest BCUT2D eigenvalue weighted by atomic mass is 16.6. The quantitative estimate of drug-likeness (QED) is 0.682. The van der Waals surface area contributed by atoms with Crippen LogP contribution in [-0.4, -0.2) is 25.6 Å². The van der Waals surface area contributed by atoms with Crippen molar-refractivity contribution in [1.82, 2.24) is 14.8 Å². The lowest BCUT2D eigenvalue weighted by molar-refractivity contribution is -0.386. The Balaban J connectivity index is 2.13. The van der Waals surface area contributed by atoms with Gasteiger partial charge in [-0.2, -0.15) is 5.10 Å². The van der Waals surface area contributed by atoms with Crippen molar-refractivity contribution in [2.75, 3.05) is 5.32 Å². The third kappa shape index (κ3) is 3.22. The van der Waals surface area contributed by atoms with Crippen molar-refractivity contribution in [1.29, 1.82) is 0 Å². The highest BCUT2D eigenvalue weighted by molar-refractivity contribution is 5.90. The van der Waals surface area contributed by atoms with E-state index < -0.39 is 4.92 Å². The minimum absolute atomic E-state index is 0.0532. The van der Waals surface area contributed by atoms with Crippen LogP contribution < -0.4 is 5.32 Å². The predicted molar refractivity (Wildman–Crippen MR) is 76.0 cm³/mol. The van der Waals surface area contributed by atoms with Crippen molar-refractivity contribution < 1.29 is 9.72 Å². The highest BCUT2D eigenvalue weighted by Crippen LogP contribution is 2.21. The zero-order valence-corrected chi connectivity index (χ0v) is 12.0. The summed E-state index contributed by atoms with van der Waals surface area (Å²) < 4.78 is 1.33. The Hall–Kier alpha value is -2.77. The molecule has 2 aromatic heterocycles. The summed E-state index contributed by atoms with van der Waals surface area (Å²) in [6, 6.07) is 3.41. The Morgan fingerprint density at radius 1 is 1.43 bits per heavy atom. The number of aromatic nitrogens is 3. The Bertz CT molecular complexity index is 708. The molecule has 0 spiro atoms. The molecule has 1 amide bonds. The summed E-state index contributed by atoms with van der Waals surface area (Å²) in [6.07, 6.45) is 1.60. The van der Waals surface area contributed by atoms with Crippen LogP contribution in [0.5, 0.6) is 0 Å². The standard InChI is InChI=1S/C13H15N5O3/c1-8-6-11(4-5-14-8)15-12(19)7-17-10(3)13(18(20)21)9(2)16-17/h4-6H,7H2,1-3H3,(H,14,15,19). The molecule has 2 aromatic rings. The topological polar surface area (TPSA) is 103 Å². The molecule has 2 rings (SSSR count). The number of hydrogen-bond acceptors (Lipinski definition) is 5. The number of nitro groups is 1. The number of rotatable bonds is 4. The van der Waals surface area contributed by atoms with Gasteiger partial charge in [-0.3, -0.25) is 24.6 Å². The van der Waals surface area contributed by atoms with Crippen molar-refractivity contribution in [3.63, 3.8) is 0 Å². The fourth-order valence-electron chi connectivity index (χ4n) is 2.07. The van der Waals surface area contributed by atoms with E-state index in [1.807, 2.05) is 6.92 Å². The third-order valence-corrected chi connectivity index (χ3v) is 3.00. The molecule has 8 heteroatoms. The van der Waals surface area contributed by atoms with E-state index >= 15 is 0 Å². The molecule has 21 heavy (non-hydrogen) atoms. The van der Waals surface area contributed by atoms with E-state index in [9.17, 15) is 14.9 Å². The van der Waals surface area contributed by atoms with Gasteiger partial charge in [-0.05, 0) is 32.9 Å². The number of carbonyl (C=O) groups excluding carboxylic acids is 1. The van der Waals surface area contributed by atoms with Crippen LogP contribution >= 0.6 is 0 Å². The largest absolute Gasteiger partial charge is 0.324 e. The van der Waals surface area contributed by atoms with Crippen LogP contribution in [0.3, 0.4) is 0 Å². The minimum atomic E-state index is -0.488. The smallest absolute Gasteiger partial charge is 0.312 e. The van der Waals surface area contributed by atoms with Crippen LogP contribution in [0.25, 0.3) is 0 Å². The number of aryl methyl sites for hydroxylation is 2. The minimum Gasteiger partial charge on any atom is -0.324 e. The molecule has 0 saturated heterocycles. The SMILES string of the molecule is Cc1cc(NC(=O)Cn2nc(C)c([N+](=O)[O-])c2C)ccn1. The number of carbonyl (C=O) groups is 1. The summed E-state index contributed by atoms with van der Waals surface area (Å²) in [7, 11) is 0. The van der Waals surface area contributed by atoms with Gasteiger partial charge in [-0.1, -0.05) is 0 Å². The maximum atomic E-state index is 12.0. The molecule has 0 fully saturated rings. The van der Waals surface area contributed by atoms with Gasteiger partial charge in [-0.25, -0.2) is 0 Å². The molecule has 0 saturated carbocycles. The van der Waals surface area contributed by atoms with E-state index in [-0.39, 0.29) is 18.1 Å². The average Bonchev–Trinajstić information content (AvgIpc) is 2.64. The van der Waals surface area contributed by atoms with E-state index in [0.717, 1.165) is 5.69 Å². The van der Waals surface area contributed by atoms with Gasteiger partial charge in [0, 0.05) is 17.6 Å². The van der Waals surface area contributed by atoms with Gasteiger partial charge in [0.15, 0.2) is 0 Å². The molecule has 0 aromatic carbocycles. The summed E-state index contributed by atoms with van der Waals surface area (Å²) in [5.74, 6) is -0.305. The van der Waals surface area contributed by atoms with Crippen LogP contribution in [-0.2, 0) is 11.3 Å². The van der Waals surface area contributed by atoms with Gasteiger partial charge in [0.25, 0.3) is 0 Å². The zero-order chi connectivity index (χ0) is 15.6. The average molecular weight is 289 g/mol. The Labute approximate surface area is 121 Å². The van der Waals surface area contributed by atoms with Crippen molar-refractivity contribution in [2.24, 2.45) is 0 Å². The van der Waals surface area contributed by atoms with Gasteiger partial charge in [0.2, 0.25) is 5.91 Å².